The van der Waals surface area contributed by atoms with Crippen molar-refractivity contribution in [2.24, 2.45) is 5.10 Å². The number of nitrogens with zero attached hydrogens (tertiary/aromatic N) is 3. The molecule has 0 aliphatic rings. The van der Waals surface area contributed by atoms with Crippen molar-refractivity contribution in [2.75, 3.05) is 0 Å². The number of carbonyl (C=O) groups excluding carboxylic acids is 1. The Morgan fingerprint density at radius 2 is 1.96 bits per heavy atom. The van der Waals surface area contributed by atoms with Gasteiger partial charge in [-0.3, -0.25) is 4.79 Å². The van der Waals surface area contributed by atoms with Gasteiger partial charge in [0.2, 0.25) is 5.91 Å². The first kappa shape index (κ1) is 18.2. The predicted molar refractivity (Wildman–Crippen MR) is 105 cm³/mol. The standard InChI is InChI=1S/C18H18N4O2S2/c1-10-9-25-16(19-10)8-15(24)22-21-12(3)17-11(2)20-18(26-17)13-4-6-14(23)7-5-13/h4-7,9,23H,8H2,1-3H3,(H,22,24)/b21-12+. The molecule has 1 amide bonds. The van der Waals surface area contributed by atoms with Gasteiger partial charge in [0.15, 0.2) is 0 Å². The molecule has 1 aromatic carbocycles. The van der Waals surface area contributed by atoms with E-state index in [1.54, 1.807) is 12.1 Å². The van der Waals surface area contributed by atoms with Crippen molar-refractivity contribution in [3.8, 4) is 16.3 Å². The highest BCUT2D eigenvalue weighted by molar-refractivity contribution is 7.17. The van der Waals surface area contributed by atoms with Crippen LogP contribution in [0.2, 0.25) is 0 Å². The molecule has 2 heterocycles. The van der Waals surface area contributed by atoms with Crippen LogP contribution >= 0.6 is 22.7 Å². The van der Waals surface area contributed by atoms with Gasteiger partial charge in [-0.1, -0.05) is 0 Å². The Labute approximate surface area is 159 Å². The van der Waals surface area contributed by atoms with Gasteiger partial charge in [-0.25, -0.2) is 15.4 Å². The number of hydrogen-bond donors (Lipinski definition) is 2. The third-order valence-electron chi connectivity index (χ3n) is 3.57. The molecule has 0 aliphatic carbocycles. The Balaban J connectivity index is 1.70. The Morgan fingerprint density at radius 3 is 2.62 bits per heavy atom. The minimum atomic E-state index is -0.195. The van der Waals surface area contributed by atoms with E-state index < -0.39 is 0 Å². The average Bonchev–Trinajstić information content (AvgIpc) is 3.19. The van der Waals surface area contributed by atoms with Crippen molar-refractivity contribution in [1.29, 1.82) is 0 Å². The number of hydrogen-bond acceptors (Lipinski definition) is 7. The normalized spacial score (nSPS) is 11.6. The van der Waals surface area contributed by atoms with E-state index in [-0.39, 0.29) is 18.1 Å². The van der Waals surface area contributed by atoms with Crippen LogP contribution in [0.1, 0.15) is 28.2 Å². The molecule has 0 unspecified atom stereocenters. The molecule has 6 nitrogen and oxygen atoms in total. The number of aromatic nitrogens is 2. The molecule has 0 fully saturated rings. The van der Waals surface area contributed by atoms with Crippen LogP contribution in [0.15, 0.2) is 34.7 Å². The van der Waals surface area contributed by atoms with Crippen LogP contribution in [-0.2, 0) is 11.2 Å². The van der Waals surface area contributed by atoms with E-state index in [9.17, 15) is 9.90 Å². The van der Waals surface area contributed by atoms with Crippen molar-refractivity contribution >= 4 is 34.3 Å². The van der Waals surface area contributed by atoms with Crippen molar-refractivity contribution in [3.05, 3.63) is 50.9 Å². The van der Waals surface area contributed by atoms with Gasteiger partial charge in [0, 0.05) is 16.6 Å². The van der Waals surface area contributed by atoms with Crippen LogP contribution in [-0.4, -0.2) is 26.7 Å². The lowest BCUT2D eigenvalue weighted by Crippen LogP contribution is -2.21. The van der Waals surface area contributed by atoms with Crippen LogP contribution in [0.5, 0.6) is 5.75 Å². The zero-order valence-electron chi connectivity index (χ0n) is 14.6. The summed E-state index contributed by atoms with van der Waals surface area (Å²) in [4.78, 5) is 21.8. The number of hydrazone groups is 1. The molecule has 2 N–H and O–H groups in total. The Bertz CT molecular complexity index is 958. The van der Waals surface area contributed by atoms with E-state index in [4.69, 9.17) is 0 Å². The summed E-state index contributed by atoms with van der Waals surface area (Å²) >= 11 is 2.97. The number of carbonyl (C=O) groups is 1. The molecule has 0 bridgehead atoms. The Hall–Kier alpha value is -2.58. The lowest BCUT2D eigenvalue weighted by Gasteiger charge is -2.00. The molecule has 0 aliphatic heterocycles. The summed E-state index contributed by atoms with van der Waals surface area (Å²) in [5.74, 6) is 0.0257. The van der Waals surface area contributed by atoms with Gasteiger partial charge in [-0.05, 0) is 45.0 Å². The first-order valence-corrected chi connectivity index (χ1v) is 9.63. The third-order valence-corrected chi connectivity index (χ3v) is 5.85. The quantitative estimate of drug-likeness (QED) is 0.517. The zero-order chi connectivity index (χ0) is 18.7. The molecule has 0 spiro atoms. The second-order valence-corrected chi connectivity index (χ2v) is 7.71. The Kier molecular flexibility index (Phi) is 5.43. The van der Waals surface area contributed by atoms with Crippen LogP contribution in [0.4, 0.5) is 0 Å². The van der Waals surface area contributed by atoms with E-state index in [0.717, 1.165) is 31.8 Å². The van der Waals surface area contributed by atoms with Crippen LogP contribution in [0.3, 0.4) is 0 Å². The average molecular weight is 387 g/mol. The minimum absolute atomic E-state index is 0.195. The van der Waals surface area contributed by atoms with Gasteiger partial charge < -0.3 is 5.11 Å². The van der Waals surface area contributed by atoms with Gasteiger partial charge in [0.05, 0.1) is 22.7 Å². The number of thiazole rings is 2. The maximum atomic E-state index is 12.0. The fraction of sp³-hybridized carbons (Fsp3) is 0.222. The topological polar surface area (TPSA) is 87.5 Å². The smallest absolute Gasteiger partial charge is 0.246 e. The van der Waals surface area contributed by atoms with Gasteiger partial charge in [0.1, 0.15) is 15.8 Å². The largest absolute Gasteiger partial charge is 0.508 e. The van der Waals surface area contributed by atoms with Gasteiger partial charge in [-0.15, -0.1) is 22.7 Å². The van der Waals surface area contributed by atoms with E-state index in [1.807, 2.05) is 38.3 Å². The second-order valence-electron chi connectivity index (χ2n) is 5.77. The molecule has 3 rings (SSSR count). The number of rotatable bonds is 5. The molecule has 0 saturated carbocycles. The summed E-state index contributed by atoms with van der Waals surface area (Å²) in [6, 6.07) is 6.91. The molecule has 0 atom stereocenters. The number of phenols is 1. The van der Waals surface area contributed by atoms with Crippen LogP contribution < -0.4 is 5.43 Å². The third kappa shape index (κ3) is 4.33. The predicted octanol–water partition coefficient (Wildman–Crippen LogP) is 3.67. The number of nitrogens with one attached hydrogen (secondary N) is 1. The summed E-state index contributed by atoms with van der Waals surface area (Å²) in [5.41, 5.74) is 5.98. The highest BCUT2D eigenvalue weighted by Gasteiger charge is 2.13. The first-order chi connectivity index (χ1) is 12.4. The molecule has 2 aromatic heterocycles. The highest BCUT2D eigenvalue weighted by Crippen LogP contribution is 2.29. The highest BCUT2D eigenvalue weighted by atomic mass is 32.1. The fourth-order valence-electron chi connectivity index (χ4n) is 2.32. The molecule has 26 heavy (non-hydrogen) atoms. The Morgan fingerprint density at radius 1 is 1.23 bits per heavy atom. The number of aromatic hydroxyl groups is 1. The lowest BCUT2D eigenvalue weighted by molar-refractivity contribution is -0.120. The maximum Gasteiger partial charge on any atom is 0.246 e. The summed E-state index contributed by atoms with van der Waals surface area (Å²) < 4.78 is 0. The molecule has 0 radical (unpaired) electrons. The van der Waals surface area contributed by atoms with Gasteiger partial charge in [-0.2, -0.15) is 5.10 Å². The summed E-state index contributed by atoms with van der Waals surface area (Å²) in [6.07, 6.45) is 0.218. The molecule has 3 aromatic rings. The molecule has 8 heteroatoms. The summed E-state index contributed by atoms with van der Waals surface area (Å²) in [7, 11) is 0. The lowest BCUT2D eigenvalue weighted by atomic mass is 10.2. The molecule has 134 valence electrons. The van der Waals surface area contributed by atoms with E-state index in [0.29, 0.717) is 5.71 Å². The molecular weight excluding hydrogens is 368 g/mol. The monoisotopic (exact) mass is 386 g/mol. The van der Waals surface area contributed by atoms with E-state index in [1.165, 1.54) is 22.7 Å². The van der Waals surface area contributed by atoms with Crippen molar-refractivity contribution in [1.82, 2.24) is 15.4 Å². The number of phenolic OH excluding ortho intramolecular Hbond substituents is 1. The fourth-order valence-corrected chi connectivity index (χ4v) is 4.10. The van der Waals surface area contributed by atoms with Crippen LogP contribution in [0, 0.1) is 13.8 Å². The minimum Gasteiger partial charge on any atom is -0.508 e. The van der Waals surface area contributed by atoms with E-state index in [2.05, 4.69) is 20.5 Å². The van der Waals surface area contributed by atoms with Gasteiger partial charge in [0.25, 0.3) is 0 Å². The summed E-state index contributed by atoms with van der Waals surface area (Å²) in [6.45, 7) is 5.66. The second kappa shape index (κ2) is 7.76. The summed E-state index contributed by atoms with van der Waals surface area (Å²) in [5, 5.41) is 17.1. The molecular formula is C18H18N4O2S2. The number of aryl methyl sites for hydroxylation is 2. The van der Waals surface area contributed by atoms with Crippen molar-refractivity contribution in [2.45, 2.75) is 27.2 Å². The SMILES string of the molecule is C/C(=N\NC(=O)Cc1nc(C)cs1)c1sc(-c2ccc(O)cc2)nc1C. The van der Waals surface area contributed by atoms with Crippen molar-refractivity contribution in [3.63, 3.8) is 0 Å². The number of amides is 1. The molecule has 0 saturated heterocycles. The van der Waals surface area contributed by atoms with Crippen molar-refractivity contribution < 1.29 is 9.90 Å². The zero-order valence-corrected chi connectivity index (χ0v) is 16.2. The maximum absolute atomic E-state index is 12.0. The van der Waals surface area contributed by atoms with Crippen LogP contribution in [0.25, 0.3) is 10.6 Å². The first-order valence-electron chi connectivity index (χ1n) is 7.93. The van der Waals surface area contributed by atoms with E-state index >= 15 is 0 Å². The number of benzene rings is 1. The van der Waals surface area contributed by atoms with Gasteiger partial charge >= 0.3 is 0 Å².